The Morgan fingerprint density at radius 3 is 2.60 bits per heavy atom. The lowest BCUT2D eigenvalue weighted by Gasteiger charge is -1.95. The number of nitrogens with two attached hydrogens (primary N) is 1. The number of hydrogen-bond acceptors (Lipinski definition) is 3. The van der Waals surface area contributed by atoms with E-state index in [0.29, 0.717) is 5.75 Å². The van der Waals surface area contributed by atoms with Crippen LogP contribution < -0.4 is 10.7 Å². The second-order valence-corrected chi connectivity index (χ2v) is 1.82. The lowest BCUT2D eigenvalue weighted by atomic mass is 10.3. The molecule has 1 rings (SSSR count). The van der Waals surface area contributed by atoms with Crippen LogP contribution in [0.2, 0.25) is 0 Å². The molecule has 10 heavy (non-hydrogen) atoms. The second kappa shape index (κ2) is 4.09. The van der Waals surface area contributed by atoms with Crippen molar-refractivity contribution in [1.82, 2.24) is 4.98 Å². The Morgan fingerprint density at radius 2 is 2.20 bits per heavy atom. The number of hydrogen-bond donors (Lipinski definition) is 1. The van der Waals surface area contributed by atoms with Crippen molar-refractivity contribution < 1.29 is 4.84 Å². The summed E-state index contributed by atoms with van der Waals surface area (Å²) in [6, 6.07) is 1.81. The van der Waals surface area contributed by atoms with Crippen molar-refractivity contribution in [2.75, 3.05) is 0 Å². The molecule has 2 N–H and O–H groups in total. The number of aromatic nitrogens is 1. The fraction of sp³-hybridized carbons (Fsp3) is 0.167. The van der Waals surface area contributed by atoms with Gasteiger partial charge in [-0.2, -0.15) is 5.90 Å². The van der Waals surface area contributed by atoms with Gasteiger partial charge in [-0.25, -0.2) is 0 Å². The quantitative estimate of drug-likeness (QED) is 0.625. The normalized spacial score (nSPS) is 8.20. The van der Waals surface area contributed by atoms with E-state index in [0.717, 1.165) is 5.56 Å². The highest BCUT2D eigenvalue weighted by atomic mass is 35.5. The summed E-state index contributed by atoms with van der Waals surface area (Å²) in [5.41, 5.74) is 1.04. The van der Waals surface area contributed by atoms with Crippen LogP contribution in [-0.4, -0.2) is 4.98 Å². The first kappa shape index (κ1) is 9.20. The van der Waals surface area contributed by atoms with Crippen LogP contribution in [0.1, 0.15) is 5.56 Å². The molecule has 0 spiro atoms. The molecule has 4 heteroatoms. The fourth-order valence-electron chi connectivity index (χ4n) is 0.592. The molecule has 0 aliphatic rings. The van der Waals surface area contributed by atoms with E-state index in [2.05, 4.69) is 9.82 Å². The predicted molar refractivity (Wildman–Crippen MR) is 41.0 cm³/mol. The number of nitrogens with zero attached hydrogens (tertiary/aromatic N) is 1. The largest absolute Gasteiger partial charge is 0.410 e. The molecule has 0 aromatic carbocycles. The molecule has 0 saturated carbocycles. The van der Waals surface area contributed by atoms with Gasteiger partial charge in [-0.05, 0) is 18.6 Å². The number of rotatable bonds is 1. The average Bonchev–Trinajstić information content (AvgIpc) is 1.88. The molecular weight excluding hydrogens is 152 g/mol. The highest BCUT2D eigenvalue weighted by molar-refractivity contribution is 5.85. The van der Waals surface area contributed by atoms with Gasteiger partial charge in [-0.15, -0.1) is 12.4 Å². The molecule has 1 aromatic heterocycles. The number of halogens is 1. The SMILES string of the molecule is Cc1cncc(ON)c1.Cl. The van der Waals surface area contributed by atoms with E-state index in [4.69, 9.17) is 5.90 Å². The maximum absolute atomic E-state index is 4.88. The monoisotopic (exact) mass is 160 g/mol. The first-order valence-electron chi connectivity index (χ1n) is 2.61. The Balaban J connectivity index is 0.000000810. The molecule has 0 amide bonds. The van der Waals surface area contributed by atoms with Crippen LogP contribution in [0, 0.1) is 6.92 Å². The molecule has 0 saturated heterocycles. The zero-order valence-electron chi connectivity index (χ0n) is 5.57. The summed E-state index contributed by atoms with van der Waals surface area (Å²) < 4.78 is 0. The lowest BCUT2D eigenvalue weighted by Crippen LogP contribution is -2.01. The summed E-state index contributed by atoms with van der Waals surface area (Å²) in [6.07, 6.45) is 3.30. The highest BCUT2D eigenvalue weighted by Gasteiger charge is 1.88. The van der Waals surface area contributed by atoms with Crippen molar-refractivity contribution in [3.8, 4) is 5.75 Å². The highest BCUT2D eigenvalue weighted by Crippen LogP contribution is 2.06. The molecule has 1 heterocycles. The molecule has 3 nitrogen and oxygen atoms in total. The second-order valence-electron chi connectivity index (χ2n) is 1.82. The first-order valence-corrected chi connectivity index (χ1v) is 2.61. The minimum Gasteiger partial charge on any atom is -0.410 e. The van der Waals surface area contributed by atoms with Gasteiger partial charge in [0.15, 0.2) is 5.75 Å². The van der Waals surface area contributed by atoms with Crippen LogP contribution in [-0.2, 0) is 0 Å². The Bertz CT molecular complexity index is 205. The Hall–Kier alpha value is -0.800. The van der Waals surface area contributed by atoms with E-state index >= 15 is 0 Å². The molecule has 0 aliphatic carbocycles. The molecule has 0 aliphatic heterocycles. The van der Waals surface area contributed by atoms with Gasteiger partial charge in [0.1, 0.15) is 0 Å². The van der Waals surface area contributed by atoms with Crippen LogP contribution >= 0.6 is 12.4 Å². The summed E-state index contributed by atoms with van der Waals surface area (Å²) in [4.78, 5) is 8.28. The third kappa shape index (κ3) is 2.21. The molecule has 0 unspecified atom stereocenters. The van der Waals surface area contributed by atoms with Crippen molar-refractivity contribution >= 4 is 12.4 Å². The summed E-state index contributed by atoms with van der Waals surface area (Å²) in [6.45, 7) is 1.93. The Kier molecular flexibility index (Phi) is 3.76. The van der Waals surface area contributed by atoms with E-state index < -0.39 is 0 Å². The lowest BCUT2D eigenvalue weighted by molar-refractivity contribution is 0.333. The van der Waals surface area contributed by atoms with Gasteiger partial charge in [0, 0.05) is 6.20 Å². The Labute approximate surface area is 65.6 Å². The smallest absolute Gasteiger partial charge is 0.165 e. The molecule has 0 fully saturated rings. The number of aryl methyl sites for hydroxylation is 1. The molecule has 0 bridgehead atoms. The van der Waals surface area contributed by atoms with Gasteiger partial charge >= 0.3 is 0 Å². The minimum atomic E-state index is 0. The summed E-state index contributed by atoms with van der Waals surface area (Å²) in [5, 5.41) is 0. The van der Waals surface area contributed by atoms with Crippen molar-refractivity contribution in [2.45, 2.75) is 6.92 Å². The van der Waals surface area contributed by atoms with E-state index in [1.807, 2.05) is 13.0 Å². The van der Waals surface area contributed by atoms with E-state index in [9.17, 15) is 0 Å². The van der Waals surface area contributed by atoms with Crippen LogP contribution in [0.5, 0.6) is 5.75 Å². The third-order valence-electron chi connectivity index (χ3n) is 0.986. The van der Waals surface area contributed by atoms with Crippen LogP contribution in [0.4, 0.5) is 0 Å². The van der Waals surface area contributed by atoms with Crippen molar-refractivity contribution in [3.63, 3.8) is 0 Å². The molecule has 0 radical (unpaired) electrons. The van der Waals surface area contributed by atoms with Gasteiger partial charge in [0.25, 0.3) is 0 Å². The molecular formula is C6H9ClN2O. The fourth-order valence-corrected chi connectivity index (χ4v) is 0.592. The van der Waals surface area contributed by atoms with Crippen LogP contribution in [0.15, 0.2) is 18.5 Å². The van der Waals surface area contributed by atoms with Gasteiger partial charge in [-0.1, -0.05) is 0 Å². The van der Waals surface area contributed by atoms with Gasteiger partial charge in [-0.3, -0.25) is 4.98 Å². The molecule has 56 valence electrons. The van der Waals surface area contributed by atoms with Crippen molar-refractivity contribution in [1.29, 1.82) is 0 Å². The minimum absolute atomic E-state index is 0. The van der Waals surface area contributed by atoms with Gasteiger partial charge in [0.05, 0.1) is 6.20 Å². The van der Waals surface area contributed by atoms with Crippen LogP contribution in [0.25, 0.3) is 0 Å². The van der Waals surface area contributed by atoms with Crippen molar-refractivity contribution in [2.24, 2.45) is 5.90 Å². The van der Waals surface area contributed by atoms with Crippen molar-refractivity contribution in [3.05, 3.63) is 24.0 Å². The topological polar surface area (TPSA) is 48.1 Å². The average molecular weight is 161 g/mol. The standard InChI is InChI=1S/C6H8N2O.ClH/c1-5-2-6(9-7)4-8-3-5;/h2-4H,7H2,1H3;1H. The Morgan fingerprint density at radius 1 is 1.50 bits per heavy atom. The summed E-state index contributed by atoms with van der Waals surface area (Å²) >= 11 is 0. The number of pyridine rings is 1. The van der Waals surface area contributed by atoms with E-state index in [-0.39, 0.29) is 12.4 Å². The maximum Gasteiger partial charge on any atom is 0.165 e. The zero-order chi connectivity index (χ0) is 6.69. The summed E-state index contributed by atoms with van der Waals surface area (Å²) in [7, 11) is 0. The predicted octanol–water partition coefficient (Wildman–Crippen LogP) is 1.06. The third-order valence-corrected chi connectivity index (χ3v) is 0.986. The zero-order valence-corrected chi connectivity index (χ0v) is 6.39. The van der Waals surface area contributed by atoms with Gasteiger partial charge in [0.2, 0.25) is 0 Å². The van der Waals surface area contributed by atoms with E-state index in [1.165, 1.54) is 0 Å². The molecule has 0 atom stereocenters. The molecule has 1 aromatic rings. The van der Waals surface area contributed by atoms with Crippen LogP contribution in [0.3, 0.4) is 0 Å². The maximum atomic E-state index is 4.88. The first-order chi connectivity index (χ1) is 4.33. The van der Waals surface area contributed by atoms with Gasteiger partial charge < -0.3 is 4.84 Å². The summed E-state index contributed by atoms with van der Waals surface area (Å²) in [5.74, 6) is 5.47. The van der Waals surface area contributed by atoms with E-state index in [1.54, 1.807) is 12.4 Å².